The van der Waals surface area contributed by atoms with Crippen LogP contribution in [0.5, 0.6) is 0 Å². The maximum Gasteiger partial charge on any atom is 0.298 e. The number of benzene rings is 1. The number of rotatable bonds is 6. The van der Waals surface area contributed by atoms with Crippen molar-refractivity contribution < 1.29 is 17.9 Å². The van der Waals surface area contributed by atoms with Gasteiger partial charge < -0.3 is 10.1 Å². The van der Waals surface area contributed by atoms with Gasteiger partial charge in [0.1, 0.15) is 0 Å². The minimum Gasteiger partial charge on any atom is -0.377 e. The van der Waals surface area contributed by atoms with Gasteiger partial charge in [0.2, 0.25) is 5.91 Å². The summed E-state index contributed by atoms with van der Waals surface area (Å²) < 4.78 is 32.9. The van der Waals surface area contributed by atoms with E-state index in [9.17, 15) is 13.2 Å². The number of hydrogen-bond donors (Lipinski definition) is 3. The number of carbonyl (C=O) groups is 1. The standard InChI is InChI=1S/C15H23N3O4S/c1-10(2)14-13(8-9-22-14)15(19)17-11-4-6-12(7-5-11)18-23(20,21)16-3/h4-7,10,13-14,16,18H,8-9H2,1-3H3,(H,17,19). The molecule has 1 fully saturated rings. The zero-order valence-corrected chi connectivity index (χ0v) is 14.3. The third kappa shape index (κ3) is 4.66. The van der Waals surface area contributed by atoms with Crippen molar-refractivity contribution in [3.8, 4) is 0 Å². The fourth-order valence-corrected chi connectivity index (χ4v) is 3.16. The molecule has 1 heterocycles. The largest absolute Gasteiger partial charge is 0.377 e. The van der Waals surface area contributed by atoms with Gasteiger partial charge in [0, 0.05) is 25.0 Å². The Kier molecular flexibility index (Phi) is 5.61. The molecule has 0 aromatic heterocycles. The number of hydrogen-bond acceptors (Lipinski definition) is 4. The highest BCUT2D eigenvalue weighted by Crippen LogP contribution is 2.28. The predicted molar refractivity (Wildman–Crippen MR) is 89.4 cm³/mol. The highest BCUT2D eigenvalue weighted by atomic mass is 32.2. The van der Waals surface area contributed by atoms with Crippen LogP contribution in [0, 0.1) is 11.8 Å². The summed E-state index contributed by atoms with van der Waals surface area (Å²) in [7, 11) is -2.22. The molecule has 1 aliphatic heterocycles. The van der Waals surface area contributed by atoms with Gasteiger partial charge in [-0.2, -0.15) is 8.42 Å². The van der Waals surface area contributed by atoms with E-state index in [1.165, 1.54) is 7.05 Å². The molecule has 3 N–H and O–H groups in total. The van der Waals surface area contributed by atoms with Gasteiger partial charge in [-0.15, -0.1) is 0 Å². The third-order valence-electron chi connectivity index (χ3n) is 3.80. The molecule has 0 aliphatic carbocycles. The molecule has 8 heteroatoms. The molecule has 1 aliphatic rings. The van der Waals surface area contributed by atoms with E-state index < -0.39 is 10.2 Å². The van der Waals surface area contributed by atoms with Crippen LogP contribution in [-0.2, 0) is 19.7 Å². The van der Waals surface area contributed by atoms with E-state index in [-0.39, 0.29) is 23.8 Å². The predicted octanol–water partition coefficient (Wildman–Crippen LogP) is 1.56. The van der Waals surface area contributed by atoms with Gasteiger partial charge in [-0.1, -0.05) is 13.8 Å². The van der Waals surface area contributed by atoms with Crippen LogP contribution in [0.15, 0.2) is 24.3 Å². The van der Waals surface area contributed by atoms with Gasteiger partial charge in [0.05, 0.1) is 12.0 Å². The summed E-state index contributed by atoms with van der Waals surface area (Å²) in [6.45, 7) is 4.68. The highest BCUT2D eigenvalue weighted by molar-refractivity contribution is 7.90. The lowest BCUT2D eigenvalue weighted by atomic mass is 9.92. The topological polar surface area (TPSA) is 96.5 Å². The van der Waals surface area contributed by atoms with Crippen LogP contribution in [0.2, 0.25) is 0 Å². The highest BCUT2D eigenvalue weighted by Gasteiger charge is 2.35. The Balaban J connectivity index is 1.99. The zero-order valence-electron chi connectivity index (χ0n) is 13.5. The number of ether oxygens (including phenoxy) is 1. The van der Waals surface area contributed by atoms with E-state index in [4.69, 9.17) is 4.74 Å². The Morgan fingerprint density at radius 1 is 1.22 bits per heavy atom. The van der Waals surface area contributed by atoms with Crippen LogP contribution < -0.4 is 14.8 Å². The number of carbonyl (C=O) groups excluding carboxylic acids is 1. The van der Waals surface area contributed by atoms with Gasteiger partial charge in [-0.3, -0.25) is 9.52 Å². The second-order valence-electron chi connectivity index (χ2n) is 5.85. The first-order chi connectivity index (χ1) is 10.8. The van der Waals surface area contributed by atoms with E-state index in [0.717, 1.165) is 0 Å². The smallest absolute Gasteiger partial charge is 0.298 e. The van der Waals surface area contributed by atoms with Crippen molar-refractivity contribution in [1.82, 2.24) is 4.72 Å². The third-order valence-corrected chi connectivity index (χ3v) is 4.84. The molecule has 7 nitrogen and oxygen atoms in total. The second kappa shape index (κ2) is 7.29. The molecule has 1 aromatic rings. The minimum absolute atomic E-state index is 0.0586. The normalized spacial score (nSPS) is 21.4. The molecule has 0 radical (unpaired) electrons. The van der Waals surface area contributed by atoms with E-state index >= 15 is 0 Å². The van der Waals surface area contributed by atoms with E-state index in [1.807, 2.05) is 13.8 Å². The van der Waals surface area contributed by atoms with Crippen LogP contribution in [0.25, 0.3) is 0 Å². The first-order valence-electron chi connectivity index (χ1n) is 7.56. The molecule has 2 rings (SSSR count). The van der Waals surface area contributed by atoms with Crippen LogP contribution in [0.1, 0.15) is 20.3 Å². The number of nitrogens with one attached hydrogen (secondary N) is 3. The Morgan fingerprint density at radius 2 is 1.83 bits per heavy atom. The van der Waals surface area contributed by atoms with Crippen LogP contribution in [0.3, 0.4) is 0 Å². The summed E-state index contributed by atoms with van der Waals surface area (Å²) >= 11 is 0. The average Bonchev–Trinajstić information content (AvgIpc) is 2.99. The fraction of sp³-hybridized carbons (Fsp3) is 0.533. The summed E-state index contributed by atoms with van der Waals surface area (Å²) in [5, 5.41) is 2.86. The molecule has 0 bridgehead atoms. The van der Waals surface area contributed by atoms with Crippen LogP contribution in [-0.4, -0.2) is 34.1 Å². The van der Waals surface area contributed by atoms with Crippen molar-refractivity contribution in [2.24, 2.45) is 11.8 Å². The molecular weight excluding hydrogens is 318 g/mol. The van der Waals surface area contributed by atoms with Crippen molar-refractivity contribution >= 4 is 27.5 Å². The van der Waals surface area contributed by atoms with Crippen molar-refractivity contribution in [2.75, 3.05) is 23.7 Å². The Bertz CT molecular complexity index is 643. The molecule has 1 aromatic carbocycles. The molecule has 0 saturated carbocycles. The van der Waals surface area contributed by atoms with E-state index in [0.29, 0.717) is 24.4 Å². The number of amides is 1. The summed E-state index contributed by atoms with van der Waals surface area (Å²) in [5.74, 6) is 0.0637. The molecule has 1 saturated heterocycles. The number of anilines is 2. The van der Waals surface area contributed by atoms with E-state index in [1.54, 1.807) is 24.3 Å². The second-order valence-corrected chi connectivity index (χ2v) is 7.47. The maximum atomic E-state index is 12.4. The van der Waals surface area contributed by atoms with Gasteiger partial charge in [-0.05, 0) is 36.6 Å². The van der Waals surface area contributed by atoms with Crippen LogP contribution in [0.4, 0.5) is 11.4 Å². The Labute approximate surface area is 137 Å². The lowest BCUT2D eigenvalue weighted by molar-refractivity contribution is -0.122. The molecule has 2 atom stereocenters. The van der Waals surface area contributed by atoms with Crippen molar-refractivity contribution in [3.63, 3.8) is 0 Å². The summed E-state index contributed by atoms with van der Waals surface area (Å²) in [5.41, 5.74) is 1.04. The monoisotopic (exact) mass is 341 g/mol. The maximum absolute atomic E-state index is 12.4. The van der Waals surface area contributed by atoms with Gasteiger partial charge in [-0.25, -0.2) is 4.72 Å². The Morgan fingerprint density at radius 3 is 2.39 bits per heavy atom. The minimum atomic E-state index is -3.54. The first kappa shape index (κ1) is 17.7. The quantitative estimate of drug-likeness (QED) is 0.731. The van der Waals surface area contributed by atoms with Gasteiger partial charge in [0.15, 0.2) is 0 Å². The average molecular weight is 341 g/mol. The molecule has 1 amide bonds. The van der Waals surface area contributed by atoms with Gasteiger partial charge in [0.25, 0.3) is 10.2 Å². The summed E-state index contributed by atoms with van der Waals surface area (Å²) in [6, 6.07) is 6.50. The molecule has 128 valence electrons. The van der Waals surface area contributed by atoms with Crippen molar-refractivity contribution in [1.29, 1.82) is 0 Å². The van der Waals surface area contributed by atoms with Crippen molar-refractivity contribution in [3.05, 3.63) is 24.3 Å². The summed E-state index contributed by atoms with van der Waals surface area (Å²) in [6.07, 6.45) is 0.658. The Hall–Kier alpha value is -1.64. The summed E-state index contributed by atoms with van der Waals surface area (Å²) in [4.78, 5) is 12.4. The molecule has 23 heavy (non-hydrogen) atoms. The fourth-order valence-electron chi connectivity index (χ4n) is 2.61. The molecular formula is C15H23N3O4S. The zero-order chi connectivity index (χ0) is 17.0. The van der Waals surface area contributed by atoms with Crippen LogP contribution >= 0.6 is 0 Å². The molecule has 2 unspecified atom stereocenters. The SMILES string of the molecule is CNS(=O)(=O)Nc1ccc(NC(=O)C2CCOC2C(C)C)cc1. The lowest BCUT2D eigenvalue weighted by Crippen LogP contribution is -2.32. The van der Waals surface area contributed by atoms with E-state index in [2.05, 4.69) is 14.8 Å². The lowest BCUT2D eigenvalue weighted by Gasteiger charge is -2.21. The van der Waals surface area contributed by atoms with Gasteiger partial charge >= 0.3 is 0 Å². The molecule has 0 spiro atoms. The van der Waals surface area contributed by atoms with Crippen molar-refractivity contribution in [2.45, 2.75) is 26.4 Å². The first-order valence-corrected chi connectivity index (χ1v) is 9.04.